The van der Waals surface area contributed by atoms with Crippen LogP contribution in [0.1, 0.15) is 17.2 Å². The first-order valence-corrected chi connectivity index (χ1v) is 8.21. The van der Waals surface area contributed by atoms with Crippen molar-refractivity contribution in [1.29, 1.82) is 0 Å². The maximum Gasteiger partial charge on any atom is 0.0702 e. The van der Waals surface area contributed by atoms with E-state index in [9.17, 15) is 0 Å². The van der Waals surface area contributed by atoms with E-state index in [2.05, 4.69) is 59.0 Å². The summed E-state index contributed by atoms with van der Waals surface area (Å²) >= 11 is 1.78. The van der Waals surface area contributed by atoms with E-state index in [1.54, 1.807) is 11.8 Å². The van der Waals surface area contributed by atoms with Gasteiger partial charge in [0.15, 0.2) is 0 Å². The summed E-state index contributed by atoms with van der Waals surface area (Å²) in [7, 11) is 2.00. The highest BCUT2D eigenvalue weighted by Crippen LogP contribution is 2.30. The Hall–Kier alpha value is -1.84. The van der Waals surface area contributed by atoms with E-state index in [0.717, 1.165) is 5.52 Å². The van der Waals surface area contributed by atoms with E-state index in [1.807, 2.05) is 25.4 Å². The largest absolute Gasteiger partial charge is 0.309 e. The molecule has 1 aromatic heterocycles. The summed E-state index contributed by atoms with van der Waals surface area (Å²) < 4.78 is 0. The molecule has 0 fully saturated rings. The van der Waals surface area contributed by atoms with Gasteiger partial charge in [-0.05, 0) is 42.6 Å². The highest BCUT2D eigenvalue weighted by atomic mass is 32.2. The van der Waals surface area contributed by atoms with Crippen LogP contribution in [-0.2, 0) is 0 Å². The number of hydrogen-bond acceptors (Lipinski definition) is 3. The van der Waals surface area contributed by atoms with E-state index in [0.29, 0.717) is 0 Å². The number of benzene rings is 2. The molecule has 21 heavy (non-hydrogen) atoms. The number of rotatable bonds is 4. The normalized spacial score (nSPS) is 12.5. The van der Waals surface area contributed by atoms with Crippen LogP contribution in [0.4, 0.5) is 0 Å². The van der Waals surface area contributed by atoms with E-state index < -0.39 is 0 Å². The second kappa shape index (κ2) is 6.29. The zero-order valence-electron chi connectivity index (χ0n) is 12.2. The lowest BCUT2D eigenvalue weighted by molar-refractivity contribution is 0.678. The summed E-state index contributed by atoms with van der Waals surface area (Å²) in [6.07, 6.45) is 4.09. The van der Waals surface area contributed by atoms with Crippen molar-refractivity contribution in [3.8, 4) is 0 Å². The molecule has 3 heteroatoms. The van der Waals surface area contributed by atoms with Crippen LogP contribution in [0, 0.1) is 0 Å². The molecule has 0 amide bonds. The Morgan fingerprint density at radius 3 is 2.62 bits per heavy atom. The molecule has 0 aliphatic carbocycles. The van der Waals surface area contributed by atoms with Gasteiger partial charge in [-0.1, -0.05) is 36.4 Å². The smallest absolute Gasteiger partial charge is 0.0702 e. The van der Waals surface area contributed by atoms with Crippen molar-refractivity contribution in [2.75, 3.05) is 13.3 Å². The van der Waals surface area contributed by atoms with Crippen LogP contribution < -0.4 is 5.32 Å². The van der Waals surface area contributed by atoms with Gasteiger partial charge >= 0.3 is 0 Å². The van der Waals surface area contributed by atoms with Gasteiger partial charge in [-0.3, -0.25) is 4.98 Å². The van der Waals surface area contributed by atoms with E-state index in [4.69, 9.17) is 0 Å². The lowest BCUT2D eigenvalue weighted by Crippen LogP contribution is -2.18. The Labute approximate surface area is 129 Å². The topological polar surface area (TPSA) is 24.9 Å². The predicted molar refractivity (Wildman–Crippen MR) is 90.9 cm³/mol. The van der Waals surface area contributed by atoms with Crippen molar-refractivity contribution < 1.29 is 0 Å². The van der Waals surface area contributed by atoms with Crippen molar-refractivity contribution in [3.05, 3.63) is 71.9 Å². The van der Waals surface area contributed by atoms with Gasteiger partial charge in [-0.2, -0.15) is 0 Å². The van der Waals surface area contributed by atoms with Gasteiger partial charge in [0, 0.05) is 16.5 Å². The Morgan fingerprint density at radius 1 is 1.05 bits per heavy atom. The standard InChI is InChI=1S/C18H18N2S/c1-19-18(15-8-4-6-10-17(15)21-2)14-11-13-7-3-5-9-16(13)20-12-14/h3-12,18-19H,1-2H3. The first-order chi connectivity index (χ1) is 10.3. The fourth-order valence-electron chi connectivity index (χ4n) is 2.65. The van der Waals surface area contributed by atoms with Gasteiger partial charge in [0.25, 0.3) is 0 Å². The van der Waals surface area contributed by atoms with Crippen molar-refractivity contribution in [1.82, 2.24) is 10.3 Å². The highest BCUT2D eigenvalue weighted by molar-refractivity contribution is 7.98. The molecule has 3 rings (SSSR count). The molecule has 2 aromatic carbocycles. The number of hydrogen-bond donors (Lipinski definition) is 1. The van der Waals surface area contributed by atoms with Gasteiger partial charge in [0.1, 0.15) is 0 Å². The van der Waals surface area contributed by atoms with Gasteiger partial charge in [0.2, 0.25) is 0 Å². The number of fused-ring (bicyclic) bond motifs is 1. The van der Waals surface area contributed by atoms with Crippen molar-refractivity contribution in [3.63, 3.8) is 0 Å². The number of para-hydroxylation sites is 1. The van der Waals surface area contributed by atoms with Gasteiger partial charge in [0.05, 0.1) is 11.6 Å². The Morgan fingerprint density at radius 2 is 1.81 bits per heavy atom. The minimum Gasteiger partial charge on any atom is -0.309 e. The minimum atomic E-state index is 0.158. The summed E-state index contributed by atoms with van der Waals surface area (Å²) in [5.41, 5.74) is 3.52. The summed E-state index contributed by atoms with van der Waals surface area (Å²) in [5, 5.41) is 4.60. The molecule has 0 saturated heterocycles. The Kier molecular flexibility index (Phi) is 4.23. The molecule has 0 spiro atoms. The molecule has 1 unspecified atom stereocenters. The maximum absolute atomic E-state index is 4.58. The van der Waals surface area contributed by atoms with E-state index >= 15 is 0 Å². The molecule has 2 nitrogen and oxygen atoms in total. The fourth-order valence-corrected chi connectivity index (χ4v) is 3.29. The van der Waals surface area contributed by atoms with Crippen LogP contribution in [0.3, 0.4) is 0 Å². The molecular weight excluding hydrogens is 276 g/mol. The van der Waals surface area contributed by atoms with Crippen LogP contribution in [0.5, 0.6) is 0 Å². The van der Waals surface area contributed by atoms with Crippen LogP contribution in [0.15, 0.2) is 65.7 Å². The zero-order valence-corrected chi connectivity index (χ0v) is 13.0. The molecular formula is C18H18N2S. The van der Waals surface area contributed by atoms with Crippen LogP contribution in [0.2, 0.25) is 0 Å². The zero-order chi connectivity index (χ0) is 14.7. The SMILES string of the molecule is CNC(c1cnc2ccccc2c1)c1ccccc1SC. The highest BCUT2D eigenvalue weighted by Gasteiger charge is 2.15. The third-order valence-electron chi connectivity index (χ3n) is 3.68. The summed E-state index contributed by atoms with van der Waals surface area (Å²) in [6, 6.07) is 19.1. The monoisotopic (exact) mass is 294 g/mol. The van der Waals surface area contributed by atoms with Crippen molar-refractivity contribution in [2.45, 2.75) is 10.9 Å². The number of nitrogens with one attached hydrogen (secondary N) is 1. The number of pyridine rings is 1. The summed E-state index contributed by atoms with van der Waals surface area (Å²) in [6.45, 7) is 0. The second-order valence-electron chi connectivity index (χ2n) is 4.92. The second-order valence-corrected chi connectivity index (χ2v) is 5.77. The molecule has 3 aromatic rings. The number of thioether (sulfide) groups is 1. The van der Waals surface area contributed by atoms with Crippen molar-refractivity contribution >= 4 is 22.7 Å². The van der Waals surface area contributed by atoms with E-state index in [-0.39, 0.29) is 6.04 Å². The van der Waals surface area contributed by atoms with Gasteiger partial charge in [-0.15, -0.1) is 11.8 Å². The summed E-state index contributed by atoms with van der Waals surface area (Å²) in [5.74, 6) is 0. The summed E-state index contributed by atoms with van der Waals surface area (Å²) in [4.78, 5) is 5.88. The molecule has 1 N–H and O–H groups in total. The lowest BCUT2D eigenvalue weighted by atomic mass is 9.99. The molecule has 106 valence electrons. The predicted octanol–water partition coefficient (Wildman–Crippen LogP) is 4.27. The molecule has 0 radical (unpaired) electrons. The van der Waals surface area contributed by atoms with Gasteiger partial charge < -0.3 is 5.32 Å². The number of nitrogens with zero attached hydrogens (tertiary/aromatic N) is 1. The van der Waals surface area contributed by atoms with Crippen LogP contribution in [-0.4, -0.2) is 18.3 Å². The van der Waals surface area contributed by atoms with Crippen molar-refractivity contribution in [2.24, 2.45) is 0 Å². The average molecular weight is 294 g/mol. The maximum atomic E-state index is 4.58. The quantitative estimate of drug-likeness (QED) is 0.728. The molecule has 0 saturated carbocycles. The third kappa shape index (κ3) is 2.80. The first kappa shape index (κ1) is 14.1. The number of aromatic nitrogens is 1. The van der Waals surface area contributed by atoms with E-state index in [1.165, 1.54) is 21.4 Å². The molecule has 1 atom stereocenters. The molecule has 0 aliphatic rings. The fraction of sp³-hybridized carbons (Fsp3) is 0.167. The average Bonchev–Trinajstić information content (AvgIpc) is 2.56. The molecule has 0 bridgehead atoms. The molecule has 1 heterocycles. The van der Waals surface area contributed by atoms with Gasteiger partial charge in [-0.25, -0.2) is 0 Å². The molecule has 0 aliphatic heterocycles. The van der Waals surface area contributed by atoms with Crippen LogP contribution in [0.25, 0.3) is 10.9 Å². The Bertz CT molecular complexity index is 755. The Balaban J connectivity index is 2.09. The first-order valence-electron chi connectivity index (χ1n) is 6.98. The lowest BCUT2D eigenvalue weighted by Gasteiger charge is -2.20. The third-order valence-corrected chi connectivity index (χ3v) is 4.50. The van der Waals surface area contributed by atoms with Crippen LogP contribution >= 0.6 is 11.8 Å². The minimum absolute atomic E-state index is 0.158.